The zero-order valence-corrected chi connectivity index (χ0v) is 17.0. The molecule has 3 heterocycles. The monoisotopic (exact) mass is 398 g/mol. The van der Waals surface area contributed by atoms with E-state index in [1.807, 2.05) is 54.9 Å². The third kappa shape index (κ3) is 2.67. The minimum atomic E-state index is -0.144. The van der Waals surface area contributed by atoms with E-state index in [9.17, 15) is 9.59 Å². The van der Waals surface area contributed by atoms with Crippen molar-refractivity contribution in [1.82, 2.24) is 13.8 Å². The molecule has 0 aliphatic carbocycles. The lowest BCUT2D eigenvalue weighted by Gasteiger charge is -2.20. The Kier molecular flexibility index (Phi) is 4.12. The van der Waals surface area contributed by atoms with Crippen LogP contribution < -0.4 is 10.7 Å². The van der Waals surface area contributed by atoms with E-state index in [-0.39, 0.29) is 11.6 Å². The third-order valence-corrected chi connectivity index (χ3v) is 6.08. The Bertz CT molecular complexity index is 1190. The molecule has 0 radical (unpaired) electrons. The van der Waals surface area contributed by atoms with Gasteiger partial charge in [0.05, 0.1) is 15.9 Å². The fourth-order valence-electron chi connectivity index (χ4n) is 3.37. The van der Waals surface area contributed by atoms with Crippen LogP contribution in [0, 0.1) is 13.8 Å². The number of aromatic nitrogens is 3. The number of fused-ring (bicyclic) bond motifs is 1. The van der Waals surface area contributed by atoms with Crippen molar-refractivity contribution in [3.05, 3.63) is 62.7 Å². The zero-order chi connectivity index (χ0) is 19.5. The standard InChI is InChI=1S/C19H18N4O2S2/c1-11-5-6-12(2)22(11)23-17(24)16(27-19(23)26)10-13-7-8-14-15(9-13)21(4)18(25)20(14)3/h5-10H,1-4H3/b16-10-. The lowest BCUT2D eigenvalue weighted by atomic mass is 10.2. The van der Waals surface area contributed by atoms with Crippen LogP contribution in [0.2, 0.25) is 0 Å². The van der Waals surface area contributed by atoms with E-state index < -0.39 is 0 Å². The maximum atomic E-state index is 13.0. The molecule has 0 spiro atoms. The first kappa shape index (κ1) is 17.8. The number of carbonyl (C=O) groups is 1. The predicted octanol–water partition coefficient (Wildman–Crippen LogP) is 2.83. The van der Waals surface area contributed by atoms with Gasteiger partial charge in [-0.1, -0.05) is 17.8 Å². The molecule has 1 saturated heterocycles. The minimum absolute atomic E-state index is 0.0768. The molecule has 1 aliphatic heterocycles. The summed E-state index contributed by atoms with van der Waals surface area (Å²) in [6.07, 6.45) is 1.82. The summed E-state index contributed by atoms with van der Waals surface area (Å²) in [4.78, 5) is 25.6. The number of hydrogen-bond acceptors (Lipinski definition) is 4. The van der Waals surface area contributed by atoms with Crippen molar-refractivity contribution in [2.45, 2.75) is 13.8 Å². The van der Waals surface area contributed by atoms with E-state index >= 15 is 0 Å². The maximum absolute atomic E-state index is 13.0. The molecule has 1 amide bonds. The quantitative estimate of drug-likeness (QED) is 0.492. The number of thiocarbonyl (C=S) groups is 1. The van der Waals surface area contributed by atoms with Crippen molar-refractivity contribution in [3.63, 3.8) is 0 Å². The third-order valence-electron chi connectivity index (χ3n) is 4.80. The summed E-state index contributed by atoms with van der Waals surface area (Å²) in [6, 6.07) is 9.63. The molecule has 0 unspecified atom stereocenters. The minimum Gasteiger partial charge on any atom is -0.295 e. The van der Waals surface area contributed by atoms with Gasteiger partial charge in [0, 0.05) is 25.5 Å². The molecule has 27 heavy (non-hydrogen) atoms. The largest absolute Gasteiger partial charge is 0.328 e. The van der Waals surface area contributed by atoms with E-state index in [1.54, 1.807) is 23.2 Å². The van der Waals surface area contributed by atoms with E-state index in [4.69, 9.17) is 12.2 Å². The maximum Gasteiger partial charge on any atom is 0.328 e. The lowest BCUT2D eigenvalue weighted by Crippen LogP contribution is -2.39. The number of amides is 1. The lowest BCUT2D eigenvalue weighted by molar-refractivity contribution is -0.114. The van der Waals surface area contributed by atoms with Gasteiger partial charge in [0.1, 0.15) is 0 Å². The first-order chi connectivity index (χ1) is 12.8. The van der Waals surface area contributed by atoms with Crippen LogP contribution in [-0.2, 0) is 18.9 Å². The number of benzene rings is 1. The summed E-state index contributed by atoms with van der Waals surface area (Å²) in [5.41, 5.74) is 4.35. The predicted molar refractivity (Wildman–Crippen MR) is 113 cm³/mol. The Morgan fingerprint density at radius 1 is 0.963 bits per heavy atom. The number of rotatable bonds is 2. The normalized spacial score (nSPS) is 16.3. The Hall–Kier alpha value is -2.58. The first-order valence-corrected chi connectivity index (χ1v) is 9.60. The molecule has 8 heteroatoms. The first-order valence-electron chi connectivity index (χ1n) is 8.38. The van der Waals surface area contributed by atoms with Gasteiger partial charge in [-0.15, -0.1) is 0 Å². The Balaban J connectivity index is 1.76. The topological polar surface area (TPSA) is 52.2 Å². The Labute approximate surface area is 165 Å². The molecule has 0 bridgehead atoms. The van der Waals surface area contributed by atoms with Gasteiger partial charge < -0.3 is 0 Å². The van der Waals surface area contributed by atoms with E-state index in [2.05, 4.69) is 0 Å². The molecule has 1 aromatic carbocycles. The smallest absolute Gasteiger partial charge is 0.295 e. The summed E-state index contributed by atoms with van der Waals surface area (Å²) in [7, 11) is 3.49. The van der Waals surface area contributed by atoms with Gasteiger partial charge in [0.25, 0.3) is 5.91 Å². The number of carbonyl (C=O) groups excluding carboxylic acids is 1. The van der Waals surface area contributed by atoms with Gasteiger partial charge in [-0.2, -0.15) is 5.01 Å². The van der Waals surface area contributed by atoms with Crippen molar-refractivity contribution in [2.75, 3.05) is 5.01 Å². The van der Waals surface area contributed by atoms with Crippen LogP contribution in [0.4, 0.5) is 0 Å². The fraction of sp³-hybridized carbons (Fsp3) is 0.211. The Morgan fingerprint density at radius 2 is 1.59 bits per heavy atom. The number of imidazole rings is 1. The number of aryl methyl sites for hydroxylation is 4. The van der Waals surface area contributed by atoms with Crippen LogP contribution in [0.1, 0.15) is 17.0 Å². The molecule has 0 atom stereocenters. The van der Waals surface area contributed by atoms with Gasteiger partial charge in [-0.25, -0.2) is 4.79 Å². The number of thioether (sulfide) groups is 1. The van der Waals surface area contributed by atoms with Gasteiger partial charge in [-0.3, -0.25) is 18.6 Å². The molecule has 138 valence electrons. The number of hydrogen-bond donors (Lipinski definition) is 0. The highest BCUT2D eigenvalue weighted by molar-refractivity contribution is 8.27. The average molecular weight is 399 g/mol. The molecule has 4 rings (SSSR count). The van der Waals surface area contributed by atoms with Crippen LogP contribution in [-0.4, -0.2) is 24.0 Å². The van der Waals surface area contributed by atoms with Gasteiger partial charge in [0.2, 0.25) is 0 Å². The van der Waals surface area contributed by atoms with E-state index in [0.29, 0.717) is 9.23 Å². The van der Waals surface area contributed by atoms with Crippen molar-refractivity contribution in [1.29, 1.82) is 0 Å². The molecule has 6 nitrogen and oxygen atoms in total. The van der Waals surface area contributed by atoms with Crippen LogP contribution in [0.15, 0.2) is 40.0 Å². The van der Waals surface area contributed by atoms with Crippen molar-refractivity contribution < 1.29 is 4.79 Å². The van der Waals surface area contributed by atoms with Crippen LogP contribution in [0.3, 0.4) is 0 Å². The fourth-order valence-corrected chi connectivity index (χ4v) is 4.61. The van der Waals surface area contributed by atoms with Gasteiger partial charge in [0.15, 0.2) is 4.32 Å². The molecular formula is C19H18N4O2S2. The van der Waals surface area contributed by atoms with Crippen LogP contribution in [0.5, 0.6) is 0 Å². The summed E-state index contributed by atoms with van der Waals surface area (Å²) in [5, 5.41) is 1.54. The zero-order valence-electron chi connectivity index (χ0n) is 15.4. The second-order valence-electron chi connectivity index (χ2n) is 6.57. The van der Waals surface area contributed by atoms with Crippen LogP contribution in [0.25, 0.3) is 17.1 Å². The highest BCUT2D eigenvalue weighted by atomic mass is 32.2. The second-order valence-corrected chi connectivity index (χ2v) is 8.25. The summed E-state index contributed by atoms with van der Waals surface area (Å²) in [5.74, 6) is -0.144. The second kappa shape index (κ2) is 6.24. The summed E-state index contributed by atoms with van der Waals surface area (Å²) in [6.45, 7) is 3.89. The van der Waals surface area contributed by atoms with Crippen molar-refractivity contribution >= 4 is 51.3 Å². The summed E-state index contributed by atoms with van der Waals surface area (Å²) < 4.78 is 5.55. The average Bonchev–Trinajstić information content (AvgIpc) is 3.18. The highest BCUT2D eigenvalue weighted by Crippen LogP contribution is 2.33. The molecule has 1 fully saturated rings. The molecular weight excluding hydrogens is 380 g/mol. The molecule has 3 aromatic rings. The Morgan fingerprint density at radius 3 is 2.26 bits per heavy atom. The summed E-state index contributed by atoms with van der Waals surface area (Å²) >= 11 is 6.74. The molecule has 0 saturated carbocycles. The van der Waals surface area contributed by atoms with E-state index in [0.717, 1.165) is 28.0 Å². The van der Waals surface area contributed by atoms with Crippen molar-refractivity contribution in [2.24, 2.45) is 14.1 Å². The molecule has 1 aliphatic rings. The highest BCUT2D eigenvalue weighted by Gasteiger charge is 2.34. The van der Waals surface area contributed by atoms with Gasteiger partial charge >= 0.3 is 5.69 Å². The molecule has 2 aromatic heterocycles. The van der Waals surface area contributed by atoms with Gasteiger partial charge in [-0.05, 0) is 62.0 Å². The molecule has 0 N–H and O–H groups in total. The van der Waals surface area contributed by atoms with Crippen molar-refractivity contribution in [3.8, 4) is 0 Å². The number of nitrogens with zero attached hydrogens (tertiary/aromatic N) is 4. The SMILES string of the molecule is Cc1ccc(C)n1N1C(=O)/C(=C/c2ccc3c(c2)n(C)c(=O)n3C)SC1=S. The van der Waals surface area contributed by atoms with Crippen LogP contribution >= 0.6 is 24.0 Å². The van der Waals surface area contributed by atoms with E-state index in [1.165, 1.54) is 16.8 Å².